The third-order valence-corrected chi connectivity index (χ3v) is 6.27. The normalized spacial score (nSPS) is 28.4. The van der Waals surface area contributed by atoms with Gasteiger partial charge in [0.2, 0.25) is 5.91 Å². The van der Waals surface area contributed by atoms with Crippen LogP contribution in [-0.2, 0) is 9.59 Å². The first-order valence-electron chi connectivity index (χ1n) is 10.1. The molecule has 2 amide bonds. The second-order valence-electron chi connectivity index (χ2n) is 8.25. The number of carbonyl (C=O) groups is 2. The summed E-state index contributed by atoms with van der Waals surface area (Å²) in [4.78, 5) is 30.3. The molecule has 1 aromatic carbocycles. The number of hydrogen-bond donors (Lipinski definition) is 0. The molecule has 1 saturated carbocycles. The first-order chi connectivity index (χ1) is 12.4. The molecular formula is C22H32N2O2. The summed E-state index contributed by atoms with van der Waals surface area (Å²) in [7, 11) is 0. The fourth-order valence-corrected chi connectivity index (χ4v) is 4.34. The van der Waals surface area contributed by atoms with E-state index in [-0.39, 0.29) is 30.4 Å². The molecule has 4 heteroatoms. The molecule has 26 heavy (non-hydrogen) atoms. The van der Waals surface area contributed by atoms with Crippen molar-refractivity contribution in [1.29, 1.82) is 0 Å². The maximum Gasteiger partial charge on any atom is 0.250 e. The number of benzene rings is 1. The minimum Gasteiger partial charge on any atom is -0.328 e. The van der Waals surface area contributed by atoms with E-state index in [0.717, 1.165) is 49.1 Å². The Morgan fingerprint density at radius 1 is 1.08 bits per heavy atom. The van der Waals surface area contributed by atoms with E-state index in [0.29, 0.717) is 0 Å². The van der Waals surface area contributed by atoms with Crippen molar-refractivity contribution in [2.75, 3.05) is 6.54 Å². The fourth-order valence-electron chi connectivity index (χ4n) is 4.34. The molecular weight excluding hydrogens is 324 g/mol. The molecule has 2 atom stereocenters. The van der Waals surface area contributed by atoms with Crippen LogP contribution in [0.5, 0.6) is 0 Å². The Hall–Kier alpha value is -1.84. The number of rotatable bonds is 4. The molecule has 142 valence electrons. The van der Waals surface area contributed by atoms with Crippen molar-refractivity contribution in [3.63, 3.8) is 0 Å². The van der Waals surface area contributed by atoms with Crippen molar-refractivity contribution >= 4 is 11.8 Å². The first kappa shape index (κ1) is 18.9. The average molecular weight is 357 g/mol. The lowest BCUT2D eigenvalue weighted by Crippen LogP contribution is -2.60. The lowest BCUT2D eigenvalue weighted by Gasteiger charge is -2.47. The quantitative estimate of drug-likeness (QED) is 0.815. The van der Waals surface area contributed by atoms with Gasteiger partial charge in [-0.25, -0.2) is 0 Å². The average Bonchev–Trinajstić information content (AvgIpc) is 2.64. The highest BCUT2D eigenvalue weighted by atomic mass is 16.2. The van der Waals surface area contributed by atoms with E-state index in [2.05, 4.69) is 13.8 Å². The van der Waals surface area contributed by atoms with Gasteiger partial charge in [-0.2, -0.15) is 0 Å². The minimum absolute atomic E-state index is 0.0614. The van der Waals surface area contributed by atoms with E-state index >= 15 is 0 Å². The highest BCUT2D eigenvalue weighted by Crippen LogP contribution is 2.35. The van der Waals surface area contributed by atoms with E-state index in [1.54, 1.807) is 0 Å². The molecule has 4 nitrogen and oxygen atoms in total. The van der Waals surface area contributed by atoms with Crippen LogP contribution in [-0.4, -0.2) is 40.2 Å². The van der Waals surface area contributed by atoms with Crippen LogP contribution in [0.15, 0.2) is 24.3 Å². The maximum absolute atomic E-state index is 13.5. The summed E-state index contributed by atoms with van der Waals surface area (Å²) in [6, 6.07) is 7.87. The minimum atomic E-state index is -0.480. The van der Waals surface area contributed by atoms with Gasteiger partial charge in [0.05, 0.1) is 0 Å². The Balaban J connectivity index is 1.92. The van der Waals surface area contributed by atoms with Gasteiger partial charge in [-0.3, -0.25) is 9.59 Å². The summed E-state index contributed by atoms with van der Waals surface area (Å²) in [6.07, 6.45) is 5.18. The van der Waals surface area contributed by atoms with Crippen LogP contribution in [0, 0.1) is 12.8 Å². The topological polar surface area (TPSA) is 40.6 Å². The summed E-state index contributed by atoms with van der Waals surface area (Å²) in [5, 5.41) is 0. The van der Waals surface area contributed by atoms with Crippen LogP contribution in [0.1, 0.15) is 70.0 Å². The Morgan fingerprint density at radius 3 is 2.27 bits per heavy atom. The fraction of sp³-hybridized carbons (Fsp3) is 0.636. The molecule has 1 aromatic rings. The molecule has 0 N–H and O–H groups in total. The monoisotopic (exact) mass is 356 g/mol. The Morgan fingerprint density at radius 2 is 1.69 bits per heavy atom. The van der Waals surface area contributed by atoms with Crippen LogP contribution >= 0.6 is 0 Å². The van der Waals surface area contributed by atoms with Crippen molar-refractivity contribution in [3.05, 3.63) is 35.4 Å². The number of hydrogen-bond acceptors (Lipinski definition) is 2. The first-order valence-corrected chi connectivity index (χ1v) is 10.1. The van der Waals surface area contributed by atoms with Crippen LogP contribution in [0.3, 0.4) is 0 Å². The highest BCUT2D eigenvalue weighted by molar-refractivity contribution is 5.96. The zero-order chi connectivity index (χ0) is 18.8. The van der Waals surface area contributed by atoms with Crippen molar-refractivity contribution < 1.29 is 9.59 Å². The predicted molar refractivity (Wildman–Crippen MR) is 104 cm³/mol. The Kier molecular flexibility index (Phi) is 5.69. The maximum atomic E-state index is 13.5. The molecule has 0 aromatic heterocycles. The summed E-state index contributed by atoms with van der Waals surface area (Å²) >= 11 is 0. The summed E-state index contributed by atoms with van der Waals surface area (Å²) in [5.41, 5.74) is 2.10. The Bertz CT molecular complexity index is 647. The third kappa shape index (κ3) is 3.65. The van der Waals surface area contributed by atoms with E-state index in [1.165, 1.54) is 0 Å². The second kappa shape index (κ2) is 7.81. The summed E-state index contributed by atoms with van der Waals surface area (Å²) in [6.45, 7) is 8.68. The van der Waals surface area contributed by atoms with Gasteiger partial charge < -0.3 is 9.80 Å². The summed E-state index contributed by atoms with van der Waals surface area (Å²) < 4.78 is 0. The second-order valence-corrected chi connectivity index (χ2v) is 8.25. The molecule has 2 aliphatic rings. The van der Waals surface area contributed by atoms with Gasteiger partial charge in [0.25, 0.3) is 5.91 Å². The van der Waals surface area contributed by atoms with Gasteiger partial charge in [0, 0.05) is 12.1 Å². The summed E-state index contributed by atoms with van der Waals surface area (Å²) in [5.74, 6) is 0.919. The smallest absolute Gasteiger partial charge is 0.250 e. The van der Waals surface area contributed by atoms with Crippen molar-refractivity contribution in [2.45, 2.75) is 77.9 Å². The molecule has 1 aliphatic carbocycles. The lowest BCUT2D eigenvalue weighted by atomic mass is 9.85. The van der Waals surface area contributed by atoms with Crippen LogP contribution < -0.4 is 0 Å². The largest absolute Gasteiger partial charge is 0.328 e. The zero-order valence-electron chi connectivity index (χ0n) is 16.6. The zero-order valence-corrected chi connectivity index (χ0v) is 16.6. The van der Waals surface area contributed by atoms with Crippen LogP contribution in [0.4, 0.5) is 0 Å². The van der Waals surface area contributed by atoms with Crippen molar-refractivity contribution in [2.24, 2.45) is 5.92 Å². The number of piperazine rings is 1. The molecule has 0 spiro atoms. The molecule has 1 heterocycles. The SMILES string of the molecule is CC[C@@H](C)N1C(=O)CN(C2CCC(C)CC2)C(=O)[C@@H]1c1ccc(C)cc1. The molecule has 2 fully saturated rings. The van der Waals surface area contributed by atoms with Crippen molar-refractivity contribution in [3.8, 4) is 0 Å². The molecule has 0 unspecified atom stereocenters. The molecule has 0 bridgehead atoms. The van der Waals surface area contributed by atoms with Crippen LogP contribution in [0.25, 0.3) is 0 Å². The third-order valence-electron chi connectivity index (χ3n) is 6.27. The standard InChI is InChI=1S/C22H32N2O2/c1-5-17(4)24-20(25)14-23(19-12-8-16(3)9-13-19)22(26)21(24)18-10-6-15(2)7-11-18/h6-7,10-11,16-17,19,21H,5,8-9,12-14H2,1-4H3/t16?,17-,19?,21+/m1/s1. The van der Waals surface area contributed by atoms with Gasteiger partial charge in [-0.1, -0.05) is 43.7 Å². The van der Waals surface area contributed by atoms with E-state index in [1.807, 2.05) is 47.9 Å². The molecule has 0 radical (unpaired) electrons. The van der Waals surface area contributed by atoms with Crippen molar-refractivity contribution in [1.82, 2.24) is 9.80 Å². The van der Waals surface area contributed by atoms with E-state index in [4.69, 9.17) is 0 Å². The van der Waals surface area contributed by atoms with Gasteiger partial charge in [0.15, 0.2) is 0 Å². The van der Waals surface area contributed by atoms with Gasteiger partial charge in [-0.15, -0.1) is 0 Å². The molecule has 1 aliphatic heterocycles. The molecule has 1 saturated heterocycles. The van der Waals surface area contributed by atoms with Gasteiger partial charge >= 0.3 is 0 Å². The van der Waals surface area contributed by atoms with Gasteiger partial charge in [-0.05, 0) is 57.4 Å². The van der Waals surface area contributed by atoms with E-state index in [9.17, 15) is 9.59 Å². The molecule has 3 rings (SSSR count). The van der Waals surface area contributed by atoms with Crippen LogP contribution in [0.2, 0.25) is 0 Å². The number of nitrogens with zero attached hydrogens (tertiary/aromatic N) is 2. The number of carbonyl (C=O) groups excluding carboxylic acids is 2. The van der Waals surface area contributed by atoms with E-state index < -0.39 is 6.04 Å². The highest BCUT2D eigenvalue weighted by Gasteiger charge is 2.44. The lowest BCUT2D eigenvalue weighted by molar-refractivity contribution is -0.161. The predicted octanol–water partition coefficient (Wildman–Crippen LogP) is 4.08. The van der Waals surface area contributed by atoms with Gasteiger partial charge in [0.1, 0.15) is 12.6 Å². The number of amides is 2. The number of aryl methyl sites for hydroxylation is 1. The Labute approximate surface area is 157 Å².